The lowest BCUT2D eigenvalue weighted by molar-refractivity contribution is -0.114. The van der Waals surface area contributed by atoms with Crippen molar-refractivity contribution in [1.82, 2.24) is 4.98 Å². The number of benzene rings is 1. The Labute approximate surface area is 121 Å². The number of carbonyl (C=O) groups excluding carboxylic acids is 1. The van der Waals surface area contributed by atoms with Gasteiger partial charge in [0, 0.05) is 16.9 Å². The summed E-state index contributed by atoms with van der Waals surface area (Å²) in [5, 5.41) is 6.25. The summed E-state index contributed by atoms with van der Waals surface area (Å²) in [6, 6.07) is 10.9. The number of nitrogens with zero attached hydrogens (tertiary/aromatic N) is 2. The molecule has 0 unspecified atom stereocenters. The van der Waals surface area contributed by atoms with Crippen LogP contribution in [0.5, 0.6) is 0 Å². The molecule has 5 heteroatoms. The molecule has 0 bridgehead atoms. The second kappa shape index (κ2) is 4.98. The number of H-pyrrole nitrogens is 1. The molecule has 3 rings (SSSR count). The van der Waals surface area contributed by atoms with Gasteiger partial charge >= 0.3 is 0 Å². The maximum atomic E-state index is 12.4. The Bertz CT molecular complexity index is 716. The lowest BCUT2D eigenvalue weighted by Crippen LogP contribution is -2.21. The monoisotopic (exact) mass is 285 g/mol. The average molecular weight is 286 g/mol. The quantitative estimate of drug-likeness (QED) is 0.844. The molecule has 1 aromatic carbocycles. The van der Waals surface area contributed by atoms with E-state index >= 15 is 0 Å². The fourth-order valence-electron chi connectivity index (χ4n) is 2.06. The Morgan fingerprint density at radius 2 is 2.15 bits per heavy atom. The summed E-state index contributed by atoms with van der Waals surface area (Å²) in [5.41, 5.74) is 2.80. The zero-order valence-corrected chi connectivity index (χ0v) is 11.6. The fourth-order valence-corrected chi connectivity index (χ4v) is 2.24. The van der Waals surface area contributed by atoms with Crippen LogP contribution in [0.25, 0.3) is 6.08 Å². The van der Waals surface area contributed by atoms with Crippen LogP contribution >= 0.6 is 11.6 Å². The molecular formula is C15H12ClN3O. The number of anilines is 1. The van der Waals surface area contributed by atoms with Crippen molar-refractivity contribution < 1.29 is 4.79 Å². The summed E-state index contributed by atoms with van der Waals surface area (Å²) in [4.78, 5) is 15.5. The van der Waals surface area contributed by atoms with Crippen molar-refractivity contribution in [2.75, 3.05) is 5.01 Å². The van der Waals surface area contributed by atoms with Crippen molar-refractivity contribution in [3.05, 3.63) is 58.9 Å². The average Bonchev–Trinajstić information content (AvgIpc) is 3.02. The van der Waals surface area contributed by atoms with Crippen LogP contribution in [0.15, 0.2) is 53.3 Å². The number of halogens is 1. The maximum Gasteiger partial charge on any atom is 0.280 e. The van der Waals surface area contributed by atoms with Crippen molar-refractivity contribution in [3.63, 3.8) is 0 Å². The first-order valence-corrected chi connectivity index (χ1v) is 6.53. The van der Waals surface area contributed by atoms with Gasteiger partial charge in [0.2, 0.25) is 0 Å². The highest BCUT2D eigenvalue weighted by Crippen LogP contribution is 2.26. The van der Waals surface area contributed by atoms with E-state index in [-0.39, 0.29) is 5.91 Å². The third-order valence-electron chi connectivity index (χ3n) is 3.04. The standard InChI is InChI=1S/C15H12ClN3O/c1-10-14(9-12-5-3-7-17-12)15(20)19(18-10)13-6-2-4-11(16)8-13/h2-9,17H,1H3/b14-9-. The lowest BCUT2D eigenvalue weighted by atomic mass is 10.1. The molecule has 0 saturated carbocycles. The van der Waals surface area contributed by atoms with Crippen LogP contribution in [0, 0.1) is 0 Å². The second-order valence-corrected chi connectivity index (χ2v) is 4.90. The van der Waals surface area contributed by atoms with Gasteiger partial charge in [-0.15, -0.1) is 0 Å². The number of nitrogens with one attached hydrogen (secondary N) is 1. The number of hydrogen-bond donors (Lipinski definition) is 1. The highest BCUT2D eigenvalue weighted by molar-refractivity contribution is 6.33. The Balaban J connectivity index is 1.97. The minimum absolute atomic E-state index is 0.153. The minimum Gasteiger partial charge on any atom is -0.362 e. The van der Waals surface area contributed by atoms with Crippen LogP contribution < -0.4 is 5.01 Å². The van der Waals surface area contributed by atoms with Gasteiger partial charge in [-0.3, -0.25) is 4.79 Å². The van der Waals surface area contributed by atoms with Crippen LogP contribution in [-0.4, -0.2) is 16.6 Å². The van der Waals surface area contributed by atoms with E-state index in [1.54, 1.807) is 30.3 Å². The van der Waals surface area contributed by atoms with Gasteiger partial charge in [0.15, 0.2) is 0 Å². The first-order chi connectivity index (χ1) is 9.65. The third kappa shape index (κ3) is 2.26. The van der Waals surface area contributed by atoms with Crippen molar-refractivity contribution in [2.24, 2.45) is 5.10 Å². The first kappa shape index (κ1) is 12.7. The van der Waals surface area contributed by atoms with Gasteiger partial charge in [0.25, 0.3) is 5.91 Å². The maximum absolute atomic E-state index is 12.4. The summed E-state index contributed by atoms with van der Waals surface area (Å²) in [7, 11) is 0. The molecule has 1 aromatic heterocycles. The molecule has 4 nitrogen and oxygen atoms in total. The van der Waals surface area contributed by atoms with E-state index in [9.17, 15) is 4.79 Å². The van der Waals surface area contributed by atoms with E-state index in [1.807, 2.05) is 25.3 Å². The third-order valence-corrected chi connectivity index (χ3v) is 3.27. The van der Waals surface area contributed by atoms with Gasteiger partial charge in [0.05, 0.1) is 17.0 Å². The van der Waals surface area contributed by atoms with Crippen LogP contribution in [-0.2, 0) is 4.79 Å². The molecule has 20 heavy (non-hydrogen) atoms. The molecule has 1 aliphatic rings. The zero-order valence-electron chi connectivity index (χ0n) is 10.8. The molecule has 2 aromatic rings. The number of hydrazone groups is 1. The van der Waals surface area contributed by atoms with E-state index in [4.69, 9.17) is 11.6 Å². The van der Waals surface area contributed by atoms with Crippen LogP contribution in [0.3, 0.4) is 0 Å². The highest BCUT2D eigenvalue weighted by Gasteiger charge is 2.28. The molecule has 0 spiro atoms. The van der Waals surface area contributed by atoms with Crippen LogP contribution in [0.2, 0.25) is 5.02 Å². The van der Waals surface area contributed by atoms with Crippen molar-refractivity contribution in [2.45, 2.75) is 6.92 Å². The zero-order chi connectivity index (χ0) is 14.1. The SMILES string of the molecule is CC1=NN(c2cccc(Cl)c2)C(=O)/C1=C\c1ccc[nH]1. The van der Waals surface area contributed by atoms with Crippen molar-refractivity contribution >= 4 is 35.0 Å². The summed E-state index contributed by atoms with van der Waals surface area (Å²) in [6.45, 7) is 1.82. The van der Waals surface area contributed by atoms with Crippen molar-refractivity contribution in [3.8, 4) is 0 Å². The molecule has 1 amide bonds. The summed E-state index contributed by atoms with van der Waals surface area (Å²) < 4.78 is 0. The van der Waals surface area contributed by atoms with Crippen LogP contribution in [0.1, 0.15) is 12.6 Å². The number of aromatic amines is 1. The Kier molecular flexibility index (Phi) is 3.16. The molecule has 1 N–H and O–H groups in total. The predicted molar refractivity (Wildman–Crippen MR) is 80.8 cm³/mol. The van der Waals surface area contributed by atoms with Crippen molar-refractivity contribution in [1.29, 1.82) is 0 Å². The van der Waals surface area contributed by atoms with E-state index in [0.717, 1.165) is 5.69 Å². The number of rotatable bonds is 2. The van der Waals surface area contributed by atoms with Gasteiger partial charge in [-0.1, -0.05) is 17.7 Å². The fraction of sp³-hybridized carbons (Fsp3) is 0.0667. The van der Waals surface area contributed by atoms with E-state index in [0.29, 0.717) is 22.0 Å². The molecule has 0 saturated heterocycles. The number of amides is 1. The second-order valence-electron chi connectivity index (χ2n) is 4.47. The number of carbonyl (C=O) groups is 1. The Hall–Kier alpha value is -2.33. The summed E-state index contributed by atoms with van der Waals surface area (Å²) >= 11 is 5.95. The highest BCUT2D eigenvalue weighted by atomic mass is 35.5. The molecule has 1 aliphatic heterocycles. The molecule has 100 valence electrons. The van der Waals surface area contributed by atoms with Gasteiger partial charge in [-0.05, 0) is 43.3 Å². The van der Waals surface area contributed by atoms with Gasteiger partial charge in [-0.25, -0.2) is 0 Å². The van der Waals surface area contributed by atoms with E-state index < -0.39 is 0 Å². The number of hydrogen-bond acceptors (Lipinski definition) is 2. The molecule has 0 radical (unpaired) electrons. The predicted octanol–water partition coefficient (Wildman–Crippen LogP) is 3.47. The summed E-state index contributed by atoms with van der Waals surface area (Å²) in [5.74, 6) is -0.153. The largest absolute Gasteiger partial charge is 0.362 e. The Morgan fingerprint density at radius 1 is 1.30 bits per heavy atom. The Morgan fingerprint density at radius 3 is 2.85 bits per heavy atom. The van der Waals surface area contributed by atoms with Gasteiger partial charge in [-0.2, -0.15) is 10.1 Å². The molecule has 0 atom stereocenters. The van der Waals surface area contributed by atoms with Gasteiger partial charge < -0.3 is 4.98 Å². The van der Waals surface area contributed by atoms with E-state index in [1.165, 1.54) is 5.01 Å². The topological polar surface area (TPSA) is 48.5 Å². The van der Waals surface area contributed by atoms with Gasteiger partial charge in [0.1, 0.15) is 0 Å². The first-order valence-electron chi connectivity index (χ1n) is 6.16. The molecule has 2 heterocycles. The molecular weight excluding hydrogens is 274 g/mol. The van der Waals surface area contributed by atoms with Crippen LogP contribution in [0.4, 0.5) is 5.69 Å². The molecule has 0 aliphatic carbocycles. The summed E-state index contributed by atoms with van der Waals surface area (Å²) in [6.07, 6.45) is 3.61. The lowest BCUT2D eigenvalue weighted by Gasteiger charge is -2.11. The van der Waals surface area contributed by atoms with E-state index in [2.05, 4.69) is 10.1 Å². The minimum atomic E-state index is -0.153. The molecule has 0 fully saturated rings. The normalized spacial score (nSPS) is 16.9. The smallest absolute Gasteiger partial charge is 0.280 e. The number of aromatic nitrogens is 1.